The molecule has 3 aromatic rings. The van der Waals surface area contributed by atoms with Gasteiger partial charge in [-0.1, -0.05) is 11.6 Å². The zero-order chi connectivity index (χ0) is 24.5. The van der Waals surface area contributed by atoms with Gasteiger partial charge in [-0.25, -0.2) is 4.68 Å². The average molecular weight is 494 g/mol. The Kier molecular flexibility index (Phi) is 6.17. The van der Waals surface area contributed by atoms with E-state index in [1.54, 1.807) is 35.1 Å². The van der Waals surface area contributed by atoms with Gasteiger partial charge in [0.2, 0.25) is 5.91 Å². The number of rotatable bonds is 6. The second-order valence-electron chi connectivity index (χ2n) is 8.79. The third-order valence-electron chi connectivity index (χ3n) is 6.46. The van der Waals surface area contributed by atoms with Gasteiger partial charge in [-0.15, -0.1) is 0 Å². The van der Waals surface area contributed by atoms with Crippen molar-refractivity contribution in [2.75, 3.05) is 6.54 Å². The van der Waals surface area contributed by atoms with Crippen molar-refractivity contribution < 1.29 is 18.8 Å². The molecule has 0 radical (unpaired) electrons. The first-order valence-electron chi connectivity index (χ1n) is 11.3. The van der Waals surface area contributed by atoms with E-state index in [0.717, 1.165) is 12.1 Å². The van der Waals surface area contributed by atoms with Gasteiger partial charge in [-0.2, -0.15) is 5.10 Å². The van der Waals surface area contributed by atoms with Crippen molar-refractivity contribution in [2.24, 2.45) is 5.92 Å². The van der Waals surface area contributed by atoms with Crippen molar-refractivity contribution >= 4 is 35.4 Å². The maximum Gasteiger partial charge on any atom is 0.268 e. The number of carbonyl (C=O) groups is 3. The lowest BCUT2D eigenvalue weighted by molar-refractivity contribution is -0.123. The smallest absolute Gasteiger partial charge is 0.268 e. The number of halogens is 1. The predicted octanol–water partition coefficient (Wildman–Crippen LogP) is 3.02. The van der Waals surface area contributed by atoms with Crippen molar-refractivity contribution in [3.05, 3.63) is 77.1 Å². The number of amides is 3. The van der Waals surface area contributed by atoms with Crippen molar-refractivity contribution in [1.82, 2.24) is 25.3 Å². The summed E-state index contributed by atoms with van der Waals surface area (Å²) in [7, 11) is 0. The molecule has 2 bridgehead atoms. The predicted molar refractivity (Wildman–Crippen MR) is 129 cm³/mol. The topological polar surface area (TPSA) is 109 Å². The molecule has 2 aliphatic rings. The van der Waals surface area contributed by atoms with Crippen molar-refractivity contribution in [3.63, 3.8) is 0 Å². The van der Waals surface area contributed by atoms with Crippen LogP contribution in [-0.2, 0) is 9.59 Å². The number of nitrogens with zero attached hydrogens (tertiary/aromatic N) is 3. The van der Waals surface area contributed by atoms with Gasteiger partial charge in [0.25, 0.3) is 11.8 Å². The molecule has 3 amide bonds. The summed E-state index contributed by atoms with van der Waals surface area (Å²) in [5.74, 6) is -0.264. The quantitative estimate of drug-likeness (QED) is 0.513. The van der Waals surface area contributed by atoms with Crippen LogP contribution >= 0.6 is 11.6 Å². The molecule has 1 saturated heterocycles. The zero-order valence-electron chi connectivity index (χ0n) is 19.0. The van der Waals surface area contributed by atoms with Gasteiger partial charge >= 0.3 is 0 Å². The molecule has 35 heavy (non-hydrogen) atoms. The highest BCUT2D eigenvalue weighted by atomic mass is 35.5. The van der Waals surface area contributed by atoms with Crippen LogP contribution in [0, 0.1) is 5.92 Å². The van der Waals surface area contributed by atoms with Crippen LogP contribution in [0.3, 0.4) is 0 Å². The van der Waals surface area contributed by atoms with E-state index in [0.29, 0.717) is 29.3 Å². The number of likely N-dealkylation sites (tertiary alicyclic amines) is 1. The van der Waals surface area contributed by atoms with Gasteiger partial charge in [0.05, 0.1) is 22.5 Å². The second-order valence-corrected chi connectivity index (χ2v) is 9.20. The first kappa shape index (κ1) is 22.9. The summed E-state index contributed by atoms with van der Waals surface area (Å²) in [6, 6.07) is 10.4. The van der Waals surface area contributed by atoms with Gasteiger partial charge in [0, 0.05) is 44.0 Å². The Labute approximate surface area is 206 Å². The highest BCUT2D eigenvalue weighted by Gasteiger charge is 2.47. The average Bonchev–Trinajstić information content (AvgIpc) is 3.63. The Balaban J connectivity index is 1.24. The van der Waals surface area contributed by atoms with Crippen LogP contribution in [0.5, 0.6) is 0 Å². The first-order chi connectivity index (χ1) is 16.9. The van der Waals surface area contributed by atoms with Crippen LogP contribution in [0.4, 0.5) is 0 Å². The summed E-state index contributed by atoms with van der Waals surface area (Å²) in [5, 5.41) is 10.2. The van der Waals surface area contributed by atoms with E-state index >= 15 is 0 Å². The Morgan fingerprint density at radius 1 is 1.20 bits per heavy atom. The zero-order valence-corrected chi connectivity index (χ0v) is 19.7. The highest BCUT2D eigenvalue weighted by molar-refractivity contribution is 6.34. The van der Waals surface area contributed by atoms with Crippen LogP contribution in [0.1, 0.15) is 35.9 Å². The lowest BCUT2D eigenvalue weighted by Gasteiger charge is -2.32. The Morgan fingerprint density at radius 2 is 2.06 bits per heavy atom. The number of carbonyl (C=O) groups excluding carboxylic acids is 3. The van der Waals surface area contributed by atoms with Gasteiger partial charge < -0.3 is 20.0 Å². The SMILES string of the molecule is CC(=O)N/C(=C\c1ccco1)C(=O)N[C@@H]1C[C@H]2C[C@@H]1CN2C(=O)c1ccc(-n2cccn2)cc1Cl. The van der Waals surface area contributed by atoms with E-state index in [4.69, 9.17) is 16.0 Å². The molecular formula is C25H24ClN5O4. The summed E-state index contributed by atoms with van der Waals surface area (Å²) in [4.78, 5) is 39.6. The van der Waals surface area contributed by atoms with Crippen LogP contribution < -0.4 is 10.6 Å². The van der Waals surface area contributed by atoms with Crippen LogP contribution in [0.25, 0.3) is 11.8 Å². The standard InChI is InChI=1S/C25H24ClN5O4/c1-15(32)28-23(13-19-4-2-9-35-19)24(33)29-22-12-18-10-16(22)14-30(18)25(34)20-6-5-17(11-21(20)26)31-8-3-7-27-31/h2-9,11,13,16,18,22H,10,12,14H2,1H3,(H,28,32)(H,29,33)/b23-13-/t16-,18-,22-/m1/s1. The molecule has 0 spiro atoms. The maximum atomic E-state index is 13.3. The molecule has 0 unspecified atom stereocenters. The number of hydrogen-bond donors (Lipinski definition) is 2. The van der Waals surface area contributed by atoms with E-state index in [1.807, 2.05) is 23.2 Å². The monoisotopic (exact) mass is 493 g/mol. The molecule has 1 saturated carbocycles. The lowest BCUT2D eigenvalue weighted by atomic mass is 10.0. The Bertz CT molecular complexity index is 1290. The molecule has 1 aliphatic carbocycles. The molecule has 3 atom stereocenters. The Morgan fingerprint density at radius 3 is 2.69 bits per heavy atom. The minimum Gasteiger partial charge on any atom is -0.465 e. The van der Waals surface area contributed by atoms with Crippen molar-refractivity contribution in [1.29, 1.82) is 0 Å². The number of piperidine rings is 1. The van der Waals surface area contributed by atoms with E-state index in [-0.39, 0.29) is 41.4 Å². The fourth-order valence-electron chi connectivity index (χ4n) is 4.89. The first-order valence-corrected chi connectivity index (χ1v) is 11.7. The summed E-state index contributed by atoms with van der Waals surface area (Å²) in [5.41, 5.74) is 1.34. The van der Waals surface area contributed by atoms with Gasteiger partial charge in [0.15, 0.2) is 0 Å². The number of furan rings is 1. The Hall–Kier alpha value is -3.85. The van der Waals surface area contributed by atoms with Gasteiger partial charge in [-0.05, 0) is 55.2 Å². The van der Waals surface area contributed by atoms with Crippen LogP contribution in [0.15, 0.2) is 65.2 Å². The molecule has 2 N–H and O–H groups in total. The molecule has 9 nitrogen and oxygen atoms in total. The fourth-order valence-corrected chi connectivity index (χ4v) is 5.14. The van der Waals surface area contributed by atoms with E-state index in [2.05, 4.69) is 15.7 Å². The van der Waals surface area contributed by atoms with E-state index in [1.165, 1.54) is 19.3 Å². The third-order valence-corrected chi connectivity index (χ3v) is 6.77. The minimum atomic E-state index is -0.385. The number of aromatic nitrogens is 2. The second kappa shape index (κ2) is 9.42. The van der Waals surface area contributed by atoms with Gasteiger partial charge in [0.1, 0.15) is 11.5 Å². The number of benzene rings is 1. The number of nitrogens with one attached hydrogen (secondary N) is 2. The van der Waals surface area contributed by atoms with Crippen molar-refractivity contribution in [3.8, 4) is 5.69 Å². The lowest BCUT2D eigenvalue weighted by Crippen LogP contribution is -2.49. The minimum absolute atomic E-state index is 0.0120. The fraction of sp³-hybridized carbons (Fsp3) is 0.280. The van der Waals surface area contributed by atoms with Gasteiger partial charge in [-0.3, -0.25) is 14.4 Å². The molecule has 3 heterocycles. The molecule has 10 heteroatoms. The largest absolute Gasteiger partial charge is 0.465 e. The molecule has 2 fully saturated rings. The molecule has 1 aromatic carbocycles. The summed E-state index contributed by atoms with van der Waals surface area (Å²) < 4.78 is 6.95. The molecule has 2 aromatic heterocycles. The highest BCUT2D eigenvalue weighted by Crippen LogP contribution is 2.39. The maximum absolute atomic E-state index is 13.3. The van der Waals surface area contributed by atoms with E-state index in [9.17, 15) is 14.4 Å². The normalized spacial score (nSPS) is 21.3. The molecular weight excluding hydrogens is 470 g/mol. The summed E-state index contributed by atoms with van der Waals surface area (Å²) in [6.07, 6.45) is 7.91. The summed E-state index contributed by atoms with van der Waals surface area (Å²) in [6.45, 7) is 1.88. The van der Waals surface area contributed by atoms with Crippen molar-refractivity contribution in [2.45, 2.75) is 31.8 Å². The number of fused-ring (bicyclic) bond motifs is 2. The van der Waals surface area contributed by atoms with Crippen LogP contribution in [0.2, 0.25) is 5.02 Å². The third kappa shape index (κ3) is 4.72. The van der Waals surface area contributed by atoms with Crippen LogP contribution in [-0.4, -0.2) is 51.0 Å². The molecule has 5 rings (SSSR count). The molecule has 180 valence electrons. The molecule has 1 aliphatic heterocycles. The number of hydrogen-bond acceptors (Lipinski definition) is 5. The van der Waals surface area contributed by atoms with E-state index < -0.39 is 0 Å². The summed E-state index contributed by atoms with van der Waals surface area (Å²) >= 11 is 6.46.